The van der Waals surface area contributed by atoms with E-state index in [1.165, 1.54) is 23.6 Å². The molecular weight excluding hydrogens is 925 g/mol. The number of rotatable bonds is 27. The van der Waals surface area contributed by atoms with Gasteiger partial charge in [-0.1, -0.05) is 75.7 Å². The molecule has 2 fully saturated rings. The van der Waals surface area contributed by atoms with Gasteiger partial charge >= 0.3 is 5.97 Å². The minimum absolute atomic E-state index is 0.0660. The van der Waals surface area contributed by atoms with Crippen LogP contribution in [0.15, 0.2) is 0 Å². The first-order valence-electron chi connectivity index (χ1n) is 25.0. The largest absolute Gasteiger partial charge is 0.480 e. The molecule has 2 heterocycles. The number of aliphatic carboxylic acids is 1. The van der Waals surface area contributed by atoms with Crippen molar-refractivity contribution in [3.63, 3.8) is 0 Å². The summed E-state index contributed by atoms with van der Waals surface area (Å²) in [5.41, 5.74) is 5.79. The first-order chi connectivity index (χ1) is 32.6. The topological polar surface area (TPSA) is 308 Å². The highest BCUT2D eigenvalue weighted by molar-refractivity contribution is 7.80. The Bertz CT molecular complexity index is 1850. The van der Waals surface area contributed by atoms with Gasteiger partial charge in [-0.15, -0.1) is 0 Å². The summed E-state index contributed by atoms with van der Waals surface area (Å²) in [6.07, 6.45) is 2.86. The second-order valence-corrected chi connectivity index (χ2v) is 21.0. The van der Waals surface area contributed by atoms with Gasteiger partial charge in [-0.3, -0.25) is 47.9 Å². The molecule has 0 bridgehead atoms. The van der Waals surface area contributed by atoms with Crippen molar-refractivity contribution in [1.29, 1.82) is 0 Å². The number of carbonyl (C=O) groups excluding carboxylic acids is 9. The van der Waals surface area contributed by atoms with Gasteiger partial charge in [0, 0.05) is 18.8 Å². The minimum atomic E-state index is -1.28. The lowest BCUT2D eigenvalue weighted by atomic mass is 9.97. The monoisotopic (exact) mass is 1010 g/mol. The number of nitrogens with zero attached hydrogens (tertiary/aromatic N) is 2. The molecule has 0 aromatic carbocycles. The Labute approximate surface area is 419 Å². The summed E-state index contributed by atoms with van der Waals surface area (Å²) in [7, 11) is 0. The maximum absolute atomic E-state index is 14.3. The standard InChI is InChI=1S/C48H84N10O11S/c1-13-28(10)38(56-39(59)29(11)49)47(67)58-19-15-17-36(58)46(66)57-18-14-16-35(57)44(64)53-33(22-26(6)7)42(62)55-37(27(8)9)45(65)54-34(23-70)43(63)52-32(21-25(4)5)41(61)51-31(20-24(2)3)40(60)50-30(12)48(68)69/h24-38,70H,13-23,49H2,1-12H3,(H,50,60)(H,51,61)(H,52,63)(H,53,64)(H,54,65)(H,55,62)(H,56,59)(H,68,69)/t28-,29-,30-,31-,32-,33-,34-,35-,36-,37-,38-/m0/s1. The number of hydrogen-bond donors (Lipinski definition) is 10. The van der Waals surface area contributed by atoms with Gasteiger partial charge in [0.05, 0.1) is 6.04 Å². The third-order valence-corrected chi connectivity index (χ3v) is 13.0. The smallest absolute Gasteiger partial charge is 0.325 e. The molecule has 0 unspecified atom stereocenters. The Balaban J connectivity index is 2.25. The van der Waals surface area contributed by atoms with E-state index >= 15 is 0 Å². The molecule has 70 heavy (non-hydrogen) atoms. The van der Waals surface area contributed by atoms with Gasteiger partial charge < -0.3 is 57.9 Å². The second-order valence-electron chi connectivity index (χ2n) is 20.7. The molecule has 0 aromatic rings. The van der Waals surface area contributed by atoms with Gasteiger partial charge in [0.25, 0.3) is 0 Å². The van der Waals surface area contributed by atoms with E-state index in [9.17, 15) is 53.1 Å². The first kappa shape index (κ1) is 61.1. The third-order valence-electron chi connectivity index (χ3n) is 12.7. The van der Waals surface area contributed by atoms with Gasteiger partial charge in [-0.2, -0.15) is 12.6 Å². The SMILES string of the molecule is CC[C@H](C)[C@H](NC(=O)[C@H](C)N)C(=O)N1CCC[C@H]1C(=O)N1CCC[C@H]1C(=O)N[C@@H](CC(C)C)C(=O)N[C@H](C(=O)N[C@@H](CS)C(=O)N[C@@H](CC(C)C)C(=O)N[C@@H](CC(C)C)C(=O)N[C@@H](C)C(=O)O)C(C)C. The lowest BCUT2D eigenvalue weighted by Gasteiger charge is -2.34. The summed E-state index contributed by atoms with van der Waals surface area (Å²) < 4.78 is 0. The van der Waals surface area contributed by atoms with Crippen molar-refractivity contribution in [2.75, 3.05) is 18.8 Å². The van der Waals surface area contributed by atoms with Crippen LogP contribution in [0.3, 0.4) is 0 Å². The first-order valence-corrected chi connectivity index (χ1v) is 25.6. The lowest BCUT2D eigenvalue weighted by Crippen LogP contribution is -2.61. The highest BCUT2D eigenvalue weighted by Crippen LogP contribution is 2.27. The summed E-state index contributed by atoms with van der Waals surface area (Å²) in [6, 6.07) is -10.6. The van der Waals surface area contributed by atoms with E-state index < -0.39 is 120 Å². The molecule has 2 aliphatic heterocycles. The Morgan fingerprint density at radius 3 is 1.44 bits per heavy atom. The molecule has 0 saturated carbocycles. The number of amides is 9. The van der Waals surface area contributed by atoms with Gasteiger partial charge in [-0.25, -0.2) is 0 Å². The van der Waals surface area contributed by atoms with Crippen molar-refractivity contribution in [2.24, 2.45) is 35.3 Å². The van der Waals surface area contributed by atoms with E-state index in [0.717, 1.165) is 0 Å². The molecule has 0 spiro atoms. The summed E-state index contributed by atoms with van der Waals surface area (Å²) in [5.74, 6) is -7.82. The number of hydrogen-bond acceptors (Lipinski definition) is 12. The highest BCUT2D eigenvalue weighted by Gasteiger charge is 2.45. The molecule has 22 heteroatoms. The molecule has 0 aliphatic carbocycles. The molecule has 21 nitrogen and oxygen atoms in total. The summed E-state index contributed by atoms with van der Waals surface area (Å²) in [4.78, 5) is 138. The van der Waals surface area contributed by atoms with Gasteiger partial charge in [0.2, 0.25) is 53.2 Å². The van der Waals surface area contributed by atoms with Gasteiger partial charge in [0.15, 0.2) is 0 Å². The van der Waals surface area contributed by atoms with Crippen LogP contribution in [0.1, 0.15) is 134 Å². The number of carboxylic acids is 1. The number of nitrogens with two attached hydrogens (primary N) is 1. The normalized spacial score (nSPS) is 19.8. The highest BCUT2D eigenvalue weighted by atomic mass is 32.1. The second kappa shape index (κ2) is 28.8. The number of thiol groups is 1. The van der Waals surface area contributed by atoms with Crippen LogP contribution >= 0.6 is 12.6 Å². The van der Waals surface area contributed by atoms with E-state index in [1.807, 2.05) is 55.4 Å². The molecule has 2 rings (SSSR count). The average Bonchev–Trinajstić information content (AvgIpc) is 3.98. The molecule has 398 valence electrons. The predicted molar refractivity (Wildman–Crippen MR) is 266 cm³/mol. The minimum Gasteiger partial charge on any atom is -0.480 e. The molecular formula is C48H84N10O11S. The zero-order valence-electron chi connectivity index (χ0n) is 43.4. The summed E-state index contributed by atoms with van der Waals surface area (Å²) >= 11 is 4.31. The number of carbonyl (C=O) groups is 10. The van der Waals surface area contributed by atoms with Crippen molar-refractivity contribution in [3.8, 4) is 0 Å². The van der Waals surface area contributed by atoms with E-state index in [2.05, 4.69) is 49.8 Å². The Kier molecular flexibility index (Phi) is 25.1. The third kappa shape index (κ3) is 18.3. The molecule has 0 radical (unpaired) electrons. The van der Waals surface area contributed by atoms with E-state index in [-0.39, 0.29) is 61.1 Å². The van der Waals surface area contributed by atoms with Gasteiger partial charge in [0.1, 0.15) is 54.4 Å². The molecule has 11 atom stereocenters. The van der Waals surface area contributed by atoms with Crippen LogP contribution < -0.4 is 43.0 Å². The number of nitrogens with one attached hydrogen (secondary N) is 7. The van der Waals surface area contributed by atoms with Crippen LogP contribution in [-0.2, 0) is 47.9 Å². The lowest BCUT2D eigenvalue weighted by molar-refractivity contribution is -0.148. The van der Waals surface area contributed by atoms with Crippen LogP contribution in [-0.4, -0.2) is 153 Å². The van der Waals surface area contributed by atoms with Crippen molar-refractivity contribution in [3.05, 3.63) is 0 Å². The Hall–Kier alpha value is -4.99. The van der Waals surface area contributed by atoms with Crippen LogP contribution in [0.2, 0.25) is 0 Å². The molecule has 9 amide bonds. The maximum atomic E-state index is 14.3. The van der Waals surface area contributed by atoms with Gasteiger partial charge in [-0.05, 0) is 88.4 Å². The van der Waals surface area contributed by atoms with Crippen molar-refractivity contribution >= 4 is 71.8 Å². The molecule has 0 aromatic heterocycles. The van der Waals surface area contributed by atoms with E-state index in [1.54, 1.807) is 13.8 Å². The van der Waals surface area contributed by atoms with Crippen molar-refractivity contribution < 1.29 is 53.1 Å². The zero-order valence-corrected chi connectivity index (χ0v) is 44.3. The fraction of sp³-hybridized carbons (Fsp3) is 0.792. The fourth-order valence-corrected chi connectivity index (χ4v) is 8.73. The van der Waals surface area contributed by atoms with E-state index in [0.29, 0.717) is 38.6 Å². The van der Waals surface area contributed by atoms with E-state index in [4.69, 9.17) is 5.73 Å². The molecule has 2 saturated heterocycles. The predicted octanol–water partition coefficient (Wildman–Crippen LogP) is 0.584. The Morgan fingerprint density at radius 1 is 0.557 bits per heavy atom. The van der Waals surface area contributed by atoms with Crippen LogP contribution in [0.4, 0.5) is 0 Å². The summed E-state index contributed by atoms with van der Waals surface area (Å²) in [6.45, 7) is 21.6. The zero-order chi connectivity index (χ0) is 53.3. The van der Waals surface area contributed by atoms with Crippen molar-refractivity contribution in [2.45, 2.75) is 195 Å². The maximum Gasteiger partial charge on any atom is 0.325 e. The Morgan fingerprint density at radius 2 is 0.986 bits per heavy atom. The molecule has 10 N–H and O–H groups in total. The average molecular weight is 1010 g/mol. The number of likely N-dealkylation sites (tertiary alicyclic amines) is 2. The van der Waals surface area contributed by atoms with Crippen LogP contribution in [0.25, 0.3) is 0 Å². The van der Waals surface area contributed by atoms with Crippen LogP contribution in [0, 0.1) is 29.6 Å². The van der Waals surface area contributed by atoms with Crippen LogP contribution in [0.5, 0.6) is 0 Å². The van der Waals surface area contributed by atoms with Crippen molar-refractivity contribution in [1.82, 2.24) is 47.0 Å². The number of carboxylic acid groups (broad SMARTS) is 1. The summed E-state index contributed by atoms with van der Waals surface area (Å²) in [5, 5.41) is 28.0. The molecule has 2 aliphatic rings. The quantitative estimate of drug-likeness (QED) is 0.0506. The fourth-order valence-electron chi connectivity index (χ4n) is 8.47.